The zero-order chi connectivity index (χ0) is 17.7. The standard InChI is InChI=1S/C19H23N3OS/c1-5-13(4)21-18(23)11-24-19-16(10-20)9-15-8-14(12(2)3)6-7-17(15)22-19/h6-9,12-13H,5,11H2,1-4H3,(H,21,23). The SMILES string of the molecule is CCC(C)NC(=O)CSc1nc2ccc(C(C)C)cc2cc1C#N. The molecule has 1 aromatic heterocycles. The van der Waals surface area contributed by atoms with Gasteiger partial charge in [-0.05, 0) is 43.0 Å². The number of nitrogens with zero attached hydrogens (tertiary/aromatic N) is 2. The number of nitriles is 1. The van der Waals surface area contributed by atoms with Gasteiger partial charge in [0.05, 0.1) is 16.8 Å². The van der Waals surface area contributed by atoms with Crippen LogP contribution in [0.15, 0.2) is 29.3 Å². The highest BCUT2D eigenvalue weighted by molar-refractivity contribution is 8.00. The van der Waals surface area contributed by atoms with Gasteiger partial charge in [0.25, 0.3) is 0 Å². The van der Waals surface area contributed by atoms with Crippen LogP contribution in [0.25, 0.3) is 10.9 Å². The normalized spacial score (nSPS) is 12.2. The third-order valence-corrected chi connectivity index (χ3v) is 4.94. The minimum absolute atomic E-state index is 0.0321. The summed E-state index contributed by atoms with van der Waals surface area (Å²) in [6.07, 6.45) is 0.895. The molecule has 0 aliphatic heterocycles. The topological polar surface area (TPSA) is 65.8 Å². The van der Waals surface area contributed by atoms with Crippen molar-refractivity contribution < 1.29 is 4.79 Å². The Balaban J connectivity index is 2.22. The van der Waals surface area contributed by atoms with E-state index in [1.54, 1.807) is 0 Å². The van der Waals surface area contributed by atoms with Crippen LogP contribution in [0.2, 0.25) is 0 Å². The van der Waals surface area contributed by atoms with Gasteiger partial charge in [-0.3, -0.25) is 4.79 Å². The second kappa shape index (κ2) is 8.16. The molecule has 0 saturated carbocycles. The Morgan fingerprint density at radius 1 is 1.33 bits per heavy atom. The summed E-state index contributed by atoms with van der Waals surface area (Å²) in [4.78, 5) is 16.5. The molecule has 0 aliphatic rings. The van der Waals surface area contributed by atoms with Crippen LogP contribution in [0.3, 0.4) is 0 Å². The lowest BCUT2D eigenvalue weighted by Crippen LogP contribution is -2.33. The van der Waals surface area contributed by atoms with E-state index < -0.39 is 0 Å². The number of nitrogens with one attached hydrogen (secondary N) is 1. The molecule has 24 heavy (non-hydrogen) atoms. The minimum atomic E-state index is -0.0321. The molecule has 0 bridgehead atoms. The molecule has 5 heteroatoms. The van der Waals surface area contributed by atoms with Crippen LogP contribution in [0.5, 0.6) is 0 Å². The number of pyridine rings is 1. The molecule has 0 fully saturated rings. The zero-order valence-electron chi connectivity index (χ0n) is 14.6. The van der Waals surface area contributed by atoms with Crippen molar-refractivity contribution in [1.29, 1.82) is 5.26 Å². The van der Waals surface area contributed by atoms with Gasteiger partial charge >= 0.3 is 0 Å². The molecule has 2 rings (SSSR count). The van der Waals surface area contributed by atoms with Crippen LogP contribution >= 0.6 is 11.8 Å². The largest absolute Gasteiger partial charge is 0.353 e. The van der Waals surface area contributed by atoms with Gasteiger partial charge in [-0.25, -0.2) is 4.98 Å². The van der Waals surface area contributed by atoms with Gasteiger partial charge in [0.15, 0.2) is 0 Å². The van der Waals surface area contributed by atoms with Crippen LogP contribution in [0.4, 0.5) is 0 Å². The number of benzene rings is 1. The average Bonchev–Trinajstić information content (AvgIpc) is 2.58. The smallest absolute Gasteiger partial charge is 0.230 e. The molecule has 0 aliphatic carbocycles. The summed E-state index contributed by atoms with van der Waals surface area (Å²) in [6.45, 7) is 8.28. The monoisotopic (exact) mass is 341 g/mol. The van der Waals surface area contributed by atoms with Crippen LogP contribution in [0, 0.1) is 11.3 Å². The maximum Gasteiger partial charge on any atom is 0.230 e. The summed E-state index contributed by atoms with van der Waals surface area (Å²) in [5.41, 5.74) is 2.59. The van der Waals surface area contributed by atoms with Crippen molar-refractivity contribution in [3.63, 3.8) is 0 Å². The van der Waals surface area contributed by atoms with E-state index in [1.165, 1.54) is 17.3 Å². The van der Waals surface area contributed by atoms with Crippen molar-refractivity contribution in [1.82, 2.24) is 10.3 Å². The second-order valence-corrected chi connectivity index (χ2v) is 7.19. The number of aromatic nitrogens is 1. The first-order chi connectivity index (χ1) is 11.4. The Kier molecular flexibility index (Phi) is 6.22. The third kappa shape index (κ3) is 4.48. The maximum atomic E-state index is 11.9. The molecular formula is C19H23N3OS. The number of hydrogen-bond acceptors (Lipinski definition) is 4. The average molecular weight is 341 g/mol. The molecule has 1 N–H and O–H groups in total. The summed E-state index contributed by atoms with van der Waals surface area (Å²) in [5.74, 6) is 0.662. The van der Waals surface area contributed by atoms with Crippen molar-refractivity contribution in [3.05, 3.63) is 35.4 Å². The van der Waals surface area contributed by atoms with E-state index in [4.69, 9.17) is 0 Å². The quantitative estimate of drug-likeness (QED) is 0.798. The molecular weight excluding hydrogens is 318 g/mol. The number of amides is 1. The highest BCUT2D eigenvalue weighted by Crippen LogP contribution is 2.26. The Labute approximate surface area is 147 Å². The van der Waals surface area contributed by atoms with Gasteiger partial charge in [0.2, 0.25) is 5.91 Å². The lowest BCUT2D eigenvalue weighted by molar-refractivity contribution is -0.119. The number of carbonyl (C=O) groups is 1. The van der Waals surface area contributed by atoms with E-state index in [1.807, 2.05) is 26.0 Å². The van der Waals surface area contributed by atoms with Crippen molar-refractivity contribution in [2.75, 3.05) is 5.75 Å². The number of rotatable bonds is 6. The Morgan fingerprint density at radius 2 is 2.08 bits per heavy atom. The van der Waals surface area contributed by atoms with Gasteiger partial charge in [0.1, 0.15) is 11.1 Å². The zero-order valence-corrected chi connectivity index (χ0v) is 15.4. The molecule has 0 saturated heterocycles. The summed E-state index contributed by atoms with van der Waals surface area (Å²) in [7, 11) is 0. The molecule has 126 valence electrons. The molecule has 1 atom stereocenters. The predicted octanol–water partition coefficient (Wildman–Crippen LogP) is 4.24. The van der Waals surface area contributed by atoms with Gasteiger partial charge in [-0.1, -0.05) is 38.6 Å². The molecule has 0 radical (unpaired) electrons. The van der Waals surface area contributed by atoms with Crippen molar-refractivity contribution >= 4 is 28.6 Å². The molecule has 1 aromatic carbocycles. The number of thioether (sulfide) groups is 1. The summed E-state index contributed by atoms with van der Waals surface area (Å²) in [5, 5.41) is 13.9. The predicted molar refractivity (Wildman–Crippen MR) is 99.2 cm³/mol. The fourth-order valence-corrected chi connectivity index (χ4v) is 3.05. The van der Waals surface area contributed by atoms with Gasteiger partial charge in [0, 0.05) is 11.4 Å². The van der Waals surface area contributed by atoms with E-state index in [9.17, 15) is 10.1 Å². The number of carbonyl (C=O) groups excluding carboxylic acids is 1. The summed E-state index contributed by atoms with van der Waals surface area (Å²) >= 11 is 1.31. The van der Waals surface area contributed by atoms with E-state index in [2.05, 4.69) is 42.4 Å². The van der Waals surface area contributed by atoms with Crippen molar-refractivity contribution in [2.24, 2.45) is 0 Å². The van der Waals surface area contributed by atoms with Crippen LogP contribution < -0.4 is 5.32 Å². The fraction of sp³-hybridized carbons (Fsp3) is 0.421. The lowest BCUT2D eigenvalue weighted by Gasteiger charge is -2.12. The highest BCUT2D eigenvalue weighted by Gasteiger charge is 2.12. The van der Waals surface area contributed by atoms with Crippen LogP contribution in [-0.2, 0) is 4.79 Å². The van der Waals surface area contributed by atoms with Crippen molar-refractivity contribution in [2.45, 2.75) is 51.1 Å². The van der Waals surface area contributed by atoms with Crippen molar-refractivity contribution in [3.8, 4) is 6.07 Å². The van der Waals surface area contributed by atoms with E-state index >= 15 is 0 Å². The first-order valence-electron chi connectivity index (χ1n) is 8.21. The lowest BCUT2D eigenvalue weighted by atomic mass is 10.0. The van der Waals surface area contributed by atoms with Crippen LogP contribution in [-0.4, -0.2) is 22.7 Å². The number of hydrogen-bond donors (Lipinski definition) is 1. The molecule has 1 unspecified atom stereocenters. The molecule has 2 aromatic rings. The summed E-state index contributed by atoms with van der Waals surface area (Å²) < 4.78 is 0. The molecule has 4 nitrogen and oxygen atoms in total. The summed E-state index contributed by atoms with van der Waals surface area (Å²) in [6, 6.07) is 10.3. The Bertz CT molecular complexity index is 780. The third-order valence-electron chi connectivity index (χ3n) is 3.95. The Morgan fingerprint density at radius 3 is 2.71 bits per heavy atom. The fourth-order valence-electron chi connectivity index (χ4n) is 2.28. The first-order valence-corrected chi connectivity index (χ1v) is 9.20. The molecule has 0 spiro atoms. The van der Waals surface area contributed by atoms with Gasteiger partial charge < -0.3 is 5.32 Å². The van der Waals surface area contributed by atoms with Crippen LogP contribution in [0.1, 0.15) is 51.2 Å². The maximum absolute atomic E-state index is 11.9. The molecule has 1 amide bonds. The highest BCUT2D eigenvalue weighted by atomic mass is 32.2. The minimum Gasteiger partial charge on any atom is -0.353 e. The van der Waals surface area contributed by atoms with Gasteiger partial charge in [-0.15, -0.1) is 0 Å². The van der Waals surface area contributed by atoms with E-state index in [0.717, 1.165) is 17.3 Å². The second-order valence-electron chi connectivity index (χ2n) is 6.23. The van der Waals surface area contributed by atoms with Gasteiger partial charge in [-0.2, -0.15) is 5.26 Å². The Hall–Kier alpha value is -2.06. The first kappa shape index (κ1) is 18.3. The van der Waals surface area contributed by atoms with E-state index in [-0.39, 0.29) is 17.7 Å². The van der Waals surface area contributed by atoms with E-state index in [0.29, 0.717) is 16.5 Å². The molecule has 1 heterocycles. The number of fused-ring (bicyclic) bond motifs is 1.